The first-order valence-corrected chi connectivity index (χ1v) is 10.5. The van der Waals surface area contributed by atoms with Crippen molar-refractivity contribution in [3.8, 4) is 0 Å². The van der Waals surface area contributed by atoms with Crippen LogP contribution in [-0.2, 0) is 20.7 Å². The van der Waals surface area contributed by atoms with Crippen LogP contribution in [0.5, 0.6) is 0 Å². The Morgan fingerprint density at radius 1 is 1.21 bits per heavy atom. The lowest BCUT2D eigenvalue weighted by Gasteiger charge is -2.31. The third-order valence-electron chi connectivity index (χ3n) is 5.32. The Kier molecular flexibility index (Phi) is 7.54. The first kappa shape index (κ1) is 24.1. The van der Waals surface area contributed by atoms with Crippen molar-refractivity contribution >= 4 is 29.4 Å². The molecule has 0 saturated heterocycles. The molecule has 0 unspecified atom stereocenters. The number of carbonyl (C=O) groups excluding carboxylic acids is 3. The van der Waals surface area contributed by atoms with Crippen molar-refractivity contribution in [2.45, 2.75) is 45.5 Å². The number of pyridine rings is 2. The molecule has 0 bridgehead atoms. The lowest BCUT2D eigenvalue weighted by atomic mass is 10.0. The Bertz CT molecular complexity index is 1030. The van der Waals surface area contributed by atoms with Gasteiger partial charge in [0.2, 0.25) is 5.91 Å². The summed E-state index contributed by atoms with van der Waals surface area (Å²) in [5, 5.41) is 7.91. The number of anilines is 2. The Morgan fingerprint density at radius 3 is 2.64 bits per heavy atom. The molecule has 3 heterocycles. The lowest BCUT2D eigenvalue weighted by Crippen LogP contribution is -2.56. The highest BCUT2D eigenvalue weighted by atomic mass is 19.1. The zero-order chi connectivity index (χ0) is 24.1. The Labute approximate surface area is 190 Å². The SMILES string of the molecule is CN[C@@H](C)C(=O)N[C@H](C(=O)N1c2ncccc2C[C@@H]1OC(=O)Nc1ccncc1F)C(C)C. The molecule has 11 heteroatoms. The first-order valence-electron chi connectivity index (χ1n) is 10.5. The fourth-order valence-electron chi connectivity index (χ4n) is 3.38. The molecule has 176 valence electrons. The fourth-order valence-corrected chi connectivity index (χ4v) is 3.38. The summed E-state index contributed by atoms with van der Waals surface area (Å²) in [6.45, 7) is 5.28. The predicted molar refractivity (Wildman–Crippen MR) is 119 cm³/mol. The van der Waals surface area contributed by atoms with Gasteiger partial charge in [-0.3, -0.25) is 24.8 Å². The van der Waals surface area contributed by atoms with Gasteiger partial charge in [0.1, 0.15) is 11.9 Å². The summed E-state index contributed by atoms with van der Waals surface area (Å²) in [5.41, 5.74) is 0.603. The maximum Gasteiger partial charge on any atom is 0.413 e. The van der Waals surface area contributed by atoms with Crippen molar-refractivity contribution in [2.24, 2.45) is 5.92 Å². The smallest absolute Gasteiger partial charge is 0.413 e. The molecule has 0 saturated carbocycles. The molecule has 3 atom stereocenters. The lowest BCUT2D eigenvalue weighted by molar-refractivity contribution is -0.130. The van der Waals surface area contributed by atoms with Gasteiger partial charge in [-0.1, -0.05) is 19.9 Å². The number of nitrogens with one attached hydrogen (secondary N) is 3. The standard InChI is InChI=1S/C22H27FN6O4/c1-12(2)18(28-20(30)13(3)24-4)21(31)29-17(10-14-6-5-8-26-19(14)29)33-22(32)27-16-7-9-25-11-15(16)23/h5-9,11-13,17-18,24H,10H2,1-4H3,(H,28,30)(H,25,27,32)/t13-,17-,18-/m0/s1. The van der Waals surface area contributed by atoms with Gasteiger partial charge in [0.15, 0.2) is 12.0 Å². The van der Waals surface area contributed by atoms with E-state index in [0.717, 1.165) is 6.20 Å². The highest BCUT2D eigenvalue weighted by Crippen LogP contribution is 2.32. The van der Waals surface area contributed by atoms with Gasteiger partial charge < -0.3 is 15.4 Å². The number of likely N-dealkylation sites (N-methyl/N-ethyl adjacent to an activating group) is 1. The zero-order valence-electron chi connectivity index (χ0n) is 18.8. The highest BCUT2D eigenvalue weighted by molar-refractivity contribution is 6.01. The monoisotopic (exact) mass is 458 g/mol. The Morgan fingerprint density at radius 2 is 1.97 bits per heavy atom. The van der Waals surface area contributed by atoms with Gasteiger partial charge in [-0.25, -0.2) is 14.2 Å². The second kappa shape index (κ2) is 10.3. The summed E-state index contributed by atoms with van der Waals surface area (Å²) in [7, 11) is 1.64. The minimum absolute atomic E-state index is 0.102. The van der Waals surface area contributed by atoms with E-state index in [1.165, 1.54) is 23.4 Å². The maximum atomic E-state index is 13.8. The first-order chi connectivity index (χ1) is 15.7. The number of hydrogen-bond acceptors (Lipinski definition) is 7. The van der Waals surface area contributed by atoms with E-state index in [9.17, 15) is 18.8 Å². The molecule has 3 N–H and O–H groups in total. The molecule has 1 aliphatic rings. The van der Waals surface area contributed by atoms with E-state index < -0.39 is 36.1 Å². The quantitative estimate of drug-likeness (QED) is 0.578. The molecule has 2 aromatic heterocycles. The van der Waals surface area contributed by atoms with E-state index in [0.29, 0.717) is 11.4 Å². The Hall–Kier alpha value is -3.60. The molecule has 2 aromatic rings. The molecular weight excluding hydrogens is 431 g/mol. The van der Waals surface area contributed by atoms with Crippen LogP contribution < -0.4 is 20.9 Å². The number of nitrogens with zero attached hydrogens (tertiary/aromatic N) is 3. The second-order valence-electron chi connectivity index (χ2n) is 7.98. The van der Waals surface area contributed by atoms with E-state index >= 15 is 0 Å². The van der Waals surface area contributed by atoms with E-state index in [2.05, 4.69) is 25.9 Å². The maximum absolute atomic E-state index is 13.8. The molecule has 33 heavy (non-hydrogen) atoms. The van der Waals surface area contributed by atoms with Crippen LogP contribution in [0, 0.1) is 11.7 Å². The van der Waals surface area contributed by atoms with Crippen LogP contribution in [0.1, 0.15) is 26.3 Å². The number of ether oxygens (including phenoxy) is 1. The molecule has 0 fully saturated rings. The fraction of sp³-hybridized carbons (Fsp3) is 0.409. The van der Waals surface area contributed by atoms with Crippen molar-refractivity contribution in [3.05, 3.63) is 48.2 Å². The second-order valence-corrected chi connectivity index (χ2v) is 7.98. The summed E-state index contributed by atoms with van der Waals surface area (Å²) in [4.78, 5) is 47.7. The van der Waals surface area contributed by atoms with Crippen LogP contribution in [0.4, 0.5) is 20.7 Å². The normalized spacial score (nSPS) is 16.7. The number of hydrogen-bond donors (Lipinski definition) is 3. The third-order valence-corrected chi connectivity index (χ3v) is 5.32. The molecule has 0 aromatic carbocycles. The molecule has 10 nitrogen and oxygen atoms in total. The summed E-state index contributed by atoms with van der Waals surface area (Å²) in [6, 6.07) is 3.40. The van der Waals surface area contributed by atoms with Gasteiger partial charge in [0, 0.05) is 24.4 Å². The molecule has 0 spiro atoms. The topological polar surface area (TPSA) is 126 Å². The summed E-state index contributed by atoms with van der Waals surface area (Å²) in [5.74, 6) is -1.43. The molecule has 1 aliphatic heterocycles. The number of amides is 3. The molecule has 3 amide bonds. The highest BCUT2D eigenvalue weighted by Gasteiger charge is 2.41. The largest absolute Gasteiger partial charge is 0.424 e. The van der Waals surface area contributed by atoms with Crippen molar-refractivity contribution in [1.29, 1.82) is 0 Å². The van der Waals surface area contributed by atoms with Crippen LogP contribution >= 0.6 is 0 Å². The van der Waals surface area contributed by atoms with E-state index in [1.807, 2.05) is 0 Å². The average molecular weight is 458 g/mol. The number of rotatable bonds is 7. The van der Waals surface area contributed by atoms with Gasteiger partial charge in [-0.2, -0.15) is 0 Å². The summed E-state index contributed by atoms with van der Waals surface area (Å²) in [6.07, 6.45) is 2.05. The van der Waals surface area contributed by atoms with Crippen LogP contribution in [0.25, 0.3) is 0 Å². The van der Waals surface area contributed by atoms with E-state index in [-0.39, 0.29) is 23.9 Å². The summed E-state index contributed by atoms with van der Waals surface area (Å²) >= 11 is 0. The number of aromatic nitrogens is 2. The zero-order valence-corrected chi connectivity index (χ0v) is 18.8. The molecule has 0 aliphatic carbocycles. The number of carbonyl (C=O) groups is 3. The number of halogens is 1. The molecule has 3 rings (SSSR count). The Balaban J connectivity index is 1.83. The molecule has 0 radical (unpaired) electrons. The van der Waals surface area contributed by atoms with E-state index in [1.54, 1.807) is 40.0 Å². The van der Waals surface area contributed by atoms with Crippen LogP contribution in [0.2, 0.25) is 0 Å². The third kappa shape index (κ3) is 5.43. The number of fused-ring (bicyclic) bond motifs is 1. The summed E-state index contributed by atoms with van der Waals surface area (Å²) < 4.78 is 19.3. The van der Waals surface area contributed by atoms with Crippen molar-refractivity contribution < 1.29 is 23.5 Å². The average Bonchev–Trinajstić information content (AvgIpc) is 3.15. The predicted octanol–water partition coefficient (Wildman–Crippen LogP) is 1.83. The van der Waals surface area contributed by atoms with E-state index in [4.69, 9.17) is 4.74 Å². The van der Waals surface area contributed by atoms with Crippen molar-refractivity contribution in [1.82, 2.24) is 20.6 Å². The van der Waals surface area contributed by atoms with Gasteiger partial charge in [0.05, 0.1) is 17.9 Å². The van der Waals surface area contributed by atoms with Gasteiger partial charge in [-0.15, -0.1) is 0 Å². The minimum Gasteiger partial charge on any atom is -0.424 e. The molecular formula is C22H27FN6O4. The van der Waals surface area contributed by atoms with Crippen LogP contribution in [0.15, 0.2) is 36.8 Å². The minimum atomic E-state index is -1.02. The van der Waals surface area contributed by atoms with Crippen molar-refractivity contribution in [3.63, 3.8) is 0 Å². The van der Waals surface area contributed by atoms with Gasteiger partial charge >= 0.3 is 6.09 Å². The van der Waals surface area contributed by atoms with Crippen molar-refractivity contribution in [2.75, 3.05) is 17.3 Å². The van der Waals surface area contributed by atoms with Crippen LogP contribution in [-0.4, -0.2) is 53.2 Å². The van der Waals surface area contributed by atoms with Gasteiger partial charge in [0.25, 0.3) is 5.91 Å². The van der Waals surface area contributed by atoms with Crippen LogP contribution in [0.3, 0.4) is 0 Å². The van der Waals surface area contributed by atoms with Gasteiger partial charge in [-0.05, 0) is 32.0 Å².